The lowest BCUT2D eigenvalue weighted by Crippen LogP contribution is -2.41. The summed E-state index contributed by atoms with van der Waals surface area (Å²) >= 11 is 0. The monoisotopic (exact) mass is 359 g/mol. The van der Waals surface area contributed by atoms with E-state index in [0.29, 0.717) is 32.5 Å². The number of hydrogen-bond acceptors (Lipinski definition) is 4. The molecule has 0 aliphatic carbocycles. The minimum Gasteiger partial charge on any atom is -0.450 e. The second-order valence-electron chi connectivity index (χ2n) is 7.01. The molecule has 0 bridgehead atoms. The number of carbonyl (C=O) groups is 2. The Balaban J connectivity index is 1.58. The Morgan fingerprint density at radius 2 is 1.77 bits per heavy atom. The summed E-state index contributed by atoms with van der Waals surface area (Å²) in [5.41, 5.74) is 2.01. The normalized spacial score (nSPS) is 18.5. The molecule has 26 heavy (non-hydrogen) atoms. The van der Waals surface area contributed by atoms with Crippen LogP contribution in [0.1, 0.15) is 39.0 Å². The molecule has 6 nitrogen and oxygen atoms in total. The van der Waals surface area contributed by atoms with Crippen molar-refractivity contribution in [3.63, 3.8) is 0 Å². The number of likely N-dealkylation sites (tertiary alicyclic amines) is 1. The van der Waals surface area contributed by atoms with Crippen molar-refractivity contribution in [2.45, 2.75) is 39.0 Å². The average Bonchev–Trinajstić information content (AvgIpc) is 2.69. The maximum Gasteiger partial charge on any atom is 0.409 e. The third kappa shape index (κ3) is 4.48. The van der Waals surface area contributed by atoms with Crippen LogP contribution < -0.4 is 10.2 Å². The number of rotatable bonds is 4. The second kappa shape index (κ2) is 8.92. The Morgan fingerprint density at radius 1 is 1.08 bits per heavy atom. The number of hydrogen-bond donors (Lipinski definition) is 1. The maximum atomic E-state index is 12.7. The van der Waals surface area contributed by atoms with Gasteiger partial charge in [-0.1, -0.05) is 12.1 Å². The lowest BCUT2D eigenvalue weighted by molar-refractivity contribution is -0.121. The zero-order valence-corrected chi connectivity index (χ0v) is 15.6. The summed E-state index contributed by atoms with van der Waals surface area (Å²) < 4.78 is 5.04. The molecule has 0 spiro atoms. The first-order chi connectivity index (χ1) is 12.7. The number of nitrogens with zero attached hydrogens (tertiary/aromatic N) is 2. The molecule has 1 aromatic carbocycles. The predicted molar refractivity (Wildman–Crippen MR) is 102 cm³/mol. The summed E-state index contributed by atoms with van der Waals surface area (Å²) in [6.07, 6.45) is 4.77. The SMILES string of the molecule is CCOC(=O)N1CCC(C(=O)Nc2ccccc2N2CCCCC2)CC1. The number of para-hydroxylation sites is 2. The van der Waals surface area contributed by atoms with E-state index >= 15 is 0 Å². The fourth-order valence-corrected chi connectivity index (χ4v) is 3.76. The van der Waals surface area contributed by atoms with Gasteiger partial charge in [-0.05, 0) is 51.2 Å². The van der Waals surface area contributed by atoms with E-state index in [9.17, 15) is 9.59 Å². The largest absolute Gasteiger partial charge is 0.450 e. The summed E-state index contributed by atoms with van der Waals surface area (Å²) in [4.78, 5) is 28.6. The van der Waals surface area contributed by atoms with Gasteiger partial charge in [0.25, 0.3) is 0 Å². The fourth-order valence-electron chi connectivity index (χ4n) is 3.76. The number of benzene rings is 1. The van der Waals surface area contributed by atoms with E-state index < -0.39 is 0 Å². The third-order valence-electron chi connectivity index (χ3n) is 5.25. The van der Waals surface area contributed by atoms with Gasteiger partial charge < -0.3 is 19.9 Å². The second-order valence-corrected chi connectivity index (χ2v) is 7.01. The van der Waals surface area contributed by atoms with Gasteiger partial charge >= 0.3 is 6.09 Å². The van der Waals surface area contributed by atoms with Crippen LogP contribution in [0.15, 0.2) is 24.3 Å². The number of ether oxygens (including phenoxy) is 1. The first-order valence-corrected chi connectivity index (χ1v) is 9.75. The summed E-state index contributed by atoms with van der Waals surface area (Å²) in [6, 6.07) is 8.06. The molecule has 0 radical (unpaired) electrons. The van der Waals surface area contributed by atoms with Gasteiger partial charge in [0.1, 0.15) is 0 Å². The first kappa shape index (κ1) is 18.5. The molecule has 2 aliphatic heterocycles. The summed E-state index contributed by atoms with van der Waals surface area (Å²) in [5, 5.41) is 3.13. The molecule has 2 amide bonds. The number of piperidine rings is 2. The van der Waals surface area contributed by atoms with Gasteiger partial charge in [-0.25, -0.2) is 4.79 Å². The van der Waals surface area contributed by atoms with E-state index in [1.165, 1.54) is 19.3 Å². The van der Waals surface area contributed by atoms with Crippen LogP contribution in [0.5, 0.6) is 0 Å². The number of anilines is 2. The van der Waals surface area contributed by atoms with Crippen LogP contribution in [0.25, 0.3) is 0 Å². The molecule has 2 aliphatic rings. The van der Waals surface area contributed by atoms with Gasteiger partial charge in [-0.2, -0.15) is 0 Å². The van der Waals surface area contributed by atoms with Gasteiger partial charge in [0.05, 0.1) is 18.0 Å². The number of nitrogens with one attached hydrogen (secondary N) is 1. The van der Waals surface area contributed by atoms with Gasteiger partial charge in [-0.3, -0.25) is 4.79 Å². The molecule has 2 heterocycles. The number of carbonyl (C=O) groups excluding carboxylic acids is 2. The zero-order chi connectivity index (χ0) is 18.4. The van der Waals surface area contributed by atoms with Crippen LogP contribution in [-0.2, 0) is 9.53 Å². The standard InChI is InChI=1S/C20H29N3O3/c1-2-26-20(25)23-14-10-16(11-15-23)19(24)21-17-8-4-5-9-18(17)22-12-6-3-7-13-22/h4-5,8-9,16H,2-3,6-7,10-15H2,1H3,(H,21,24). The lowest BCUT2D eigenvalue weighted by Gasteiger charge is -2.32. The molecule has 2 saturated heterocycles. The van der Waals surface area contributed by atoms with Crippen molar-refractivity contribution in [1.82, 2.24) is 4.90 Å². The van der Waals surface area contributed by atoms with Crippen molar-refractivity contribution in [1.29, 1.82) is 0 Å². The van der Waals surface area contributed by atoms with E-state index in [1.54, 1.807) is 11.8 Å². The zero-order valence-electron chi connectivity index (χ0n) is 15.6. The Labute approximate surface area is 155 Å². The van der Waals surface area contributed by atoms with Crippen molar-refractivity contribution in [2.75, 3.05) is 43.0 Å². The summed E-state index contributed by atoms with van der Waals surface area (Å²) in [6.45, 7) is 5.43. The molecule has 1 aromatic rings. The molecule has 1 N–H and O–H groups in total. The van der Waals surface area contributed by atoms with Crippen LogP contribution in [0.3, 0.4) is 0 Å². The highest BCUT2D eigenvalue weighted by atomic mass is 16.6. The Kier molecular flexibility index (Phi) is 6.36. The molecule has 0 unspecified atom stereocenters. The lowest BCUT2D eigenvalue weighted by atomic mass is 9.96. The van der Waals surface area contributed by atoms with Crippen LogP contribution in [-0.4, -0.2) is 49.7 Å². The molecule has 2 fully saturated rings. The minimum atomic E-state index is -0.276. The van der Waals surface area contributed by atoms with Crippen LogP contribution >= 0.6 is 0 Å². The molecule has 0 saturated carbocycles. The first-order valence-electron chi connectivity index (χ1n) is 9.75. The van der Waals surface area contributed by atoms with Crippen molar-refractivity contribution < 1.29 is 14.3 Å². The van der Waals surface area contributed by atoms with Crippen LogP contribution in [0.2, 0.25) is 0 Å². The van der Waals surface area contributed by atoms with E-state index in [0.717, 1.165) is 24.5 Å². The van der Waals surface area contributed by atoms with Crippen LogP contribution in [0, 0.1) is 5.92 Å². The molecule has 3 rings (SSSR count). The molecule has 0 atom stereocenters. The van der Waals surface area contributed by atoms with E-state index in [1.807, 2.05) is 18.2 Å². The Bertz CT molecular complexity index is 620. The predicted octanol–water partition coefficient (Wildman–Crippen LogP) is 3.48. The highest BCUT2D eigenvalue weighted by Gasteiger charge is 2.28. The van der Waals surface area contributed by atoms with Crippen LogP contribution in [0.4, 0.5) is 16.2 Å². The van der Waals surface area contributed by atoms with Gasteiger partial charge in [-0.15, -0.1) is 0 Å². The molecular weight excluding hydrogens is 330 g/mol. The Morgan fingerprint density at radius 3 is 2.46 bits per heavy atom. The summed E-state index contributed by atoms with van der Waals surface area (Å²) in [7, 11) is 0. The highest BCUT2D eigenvalue weighted by Crippen LogP contribution is 2.29. The summed E-state index contributed by atoms with van der Waals surface area (Å²) in [5.74, 6) is -0.00643. The Hall–Kier alpha value is -2.24. The van der Waals surface area contributed by atoms with E-state index in [-0.39, 0.29) is 17.9 Å². The quantitative estimate of drug-likeness (QED) is 0.894. The minimum absolute atomic E-state index is 0.0537. The highest BCUT2D eigenvalue weighted by molar-refractivity contribution is 5.96. The fraction of sp³-hybridized carbons (Fsp3) is 0.600. The van der Waals surface area contributed by atoms with Gasteiger partial charge in [0, 0.05) is 32.1 Å². The molecular formula is C20H29N3O3. The third-order valence-corrected chi connectivity index (χ3v) is 5.25. The van der Waals surface area contributed by atoms with Crippen molar-refractivity contribution in [2.24, 2.45) is 5.92 Å². The molecule has 6 heteroatoms. The van der Waals surface area contributed by atoms with E-state index in [2.05, 4.69) is 16.3 Å². The maximum absolute atomic E-state index is 12.7. The smallest absolute Gasteiger partial charge is 0.409 e. The number of amides is 2. The van der Waals surface area contributed by atoms with Crippen molar-refractivity contribution in [3.05, 3.63) is 24.3 Å². The molecule has 142 valence electrons. The van der Waals surface area contributed by atoms with Crippen molar-refractivity contribution in [3.8, 4) is 0 Å². The van der Waals surface area contributed by atoms with E-state index in [4.69, 9.17) is 4.74 Å². The van der Waals surface area contributed by atoms with Gasteiger partial charge in [0.2, 0.25) is 5.91 Å². The average molecular weight is 359 g/mol. The van der Waals surface area contributed by atoms with Gasteiger partial charge in [0.15, 0.2) is 0 Å². The topological polar surface area (TPSA) is 61.9 Å². The molecule has 0 aromatic heterocycles. The van der Waals surface area contributed by atoms with Crippen molar-refractivity contribution >= 4 is 23.4 Å².